The van der Waals surface area contributed by atoms with Crippen LogP contribution >= 0.6 is 21.9 Å². The van der Waals surface area contributed by atoms with Crippen LogP contribution in [0.1, 0.15) is 11.1 Å². The number of aromatic nitrogens is 1. The Labute approximate surface area is 112 Å². The fraction of sp³-hybridized carbons (Fsp3) is 0.0714. The molecule has 1 N–H and O–H groups in total. The van der Waals surface area contributed by atoms with Crippen molar-refractivity contribution in [1.82, 2.24) is 4.98 Å². The number of rotatable bonds is 2. The summed E-state index contributed by atoms with van der Waals surface area (Å²) in [4.78, 5) is 4.95. The van der Waals surface area contributed by atoms with E-state index >= 15 is 0 Å². The van der Waals surface area contributed by atoms with Gasteiger partial charge in [0.15, 0.2) is 0 Å². The van der Waals surface area contributed by atoms with E-state index in [1.807, 2.05) is 41.8 Å². The highest BCUT2D eigenvalue weighted by atomic mass is 35.5. The van der Waals surface area contributed by atoms with Crippen LogP contribution in [0.3, 0.4) is 0 Å². The Morgan fingerprint density at radius 2 is 2.00 bits per heavy atom. The average molecular weight is 278 g/mol. The zero-order chi connectivity index (χ0) is 12.6. The van der Waals surface area contributed by atoms with E-state index in [-0.39, 0.29) is 0 Å². The molecule has 1 atom stereocenters. The second-order valence-electron chi connectivity index (χ2n) is 4.23. The monoisotopic (exact) mass is 277 g/mol. The number of nitrogens with zero attached hydrogens (tertiary/aromatic N) is 1. The van der Waals surface area contributed by atoms with Crippen molar-refractivity contribution in [3.8, 4) is 0 Å². The predicted molar refractivity (Wildman–Crippen MR) is 76.9 cm³/mol. The maximum atomic E-state index is 10.8. The highest BCUT2D eigenvalue weighted by molar-refractivity contribution is 8.31. The molecule has 1 aromatic carbocycles. The van der Waals surface area contributed by atoms with E-state index in [9.17, 15) is 4.55 Å². The van der Waals surface area contributed by atoms with Gasteiger partial charge < -0.3 is 4.55 Å². The van der Waals surface area contributed by atoms with E-state index in [0.717, 1.165) is 16.0 Å². The first-order valence-electron chi connectivity index (χ1n) is 5.58. The number of pyridine rings is 1. The lowest BCUT2D eigenvalue weighted by atomic mass is 10.2. The molecule has 3 rings (SSSR count). The van der Waals surface area contributed by atoms with Crippen LogP contribution in [0.2, 0.25) is 5.15 Å². The molecule has 1 aliphatic rings. The summed E-state index contributed by atoms with van der Waals surface area (Å²) in [6.07, 6.45) is 3.64. The van der Waals surface area contributed by atoms with Crippen LogP contribution in [0.5, 0.6) is 0 Å². The van der Waals surface area contributed by atoms with Crippen molar-refractivity contribution < 1.29 is 4.55 Å². The zero-order valence-corrected chi connectivity index (χ0v) is 11.2. The first-order chi connectivity index (χ1) is 8.67. The number of halogens is 1. The van der Waals surface area contributed by atoms with Crippen molar-refractivity contribution in [2.75, 3.05) is 0 Å². The highest BCUT2D eigenvalue weighted by Crippen LogP contribution is 2.61. The van der Waals surface area contributed by atoms with E-state index in [0.29, 0.717) is 10.9 Å². The van der Waals surface area contributed by atoms with Gasteiger partial charge >= 0.3 is 0 Å². The van der Waals surface area contributed by atoms with Gasteiger partial charge in [0.05, 0.1) is 0 Å². The van der Waals surface area contributed by atoms with Crippen molar-refractivity contribution in [3.05, 3.63) is 64.3 Å². The third-order valence-electron chi connectivity index (χ3n) is 2.94. The first kappa shape index (κ1) is 11.8. The average Bonchev–Trinajstić information content (AvgIpc) is 2.68. The molecule has 1 aromatic heterocycles. The second-order valence-corrected chi connectivity index (χ2v) is 7.13. The van der Waals surface area contributed by atoms with E-state index in [4.69, 9.17) is 11.6 Å². The molecule has 2 heterocycles. The minimum Gasteiger partial charge on any atom is -0.343 e. The Kier molecular flexibility index (Phi) is 2.90. The quantitative estimate of drug-likeness (QED) is 0.817. The fourth-order valence-electron chi connectivity index (χ4n) is 2.07. The molecular weight excluding hydrogens is 266 g/mol. The van der Waals surface area contributed by atoms with Crippen LogP contribution < -0.4 is 0 Å². The van der Waals surface area contributed by atoms with E-state index in [1.54, 1.807) is 12.3 Å². The second kappa shape index (κ2) is 4.43. The minimum absolute atomic E-state index is 0.427. The van der Waals surface area contributed by atoms with Gasteiger partial charge in [0, 0.05) is 22.4 Å². The lowest BCUT2D eigenvalue weighted by molar-refractivity contribution is 0.633. The summed E-state index contributed by atoms with van der Waals surface area (Å²) < 4.78 is 10.8. The van der Waals surface area contributed by atoms with Crippen LogP contribution in [0, 0.1) is 0 Å². The van der Waals surface area contributed by atoms with Crippen LogP contribution in [-0.2, 0) is 5.75 Å². The molecule has 0 saturated carbocycles. The van der Waals surface area contributed by atoms with Gasteiger partial charge in [-0.3, -0.25) is 0 Å². The summed E-state index contributed by atoms with van der Waals surface area (Å²) in [6, 6.07) is 11.8. The molecule has 0 saturated heterocycles. The molecular formula is C14H12ClNOS. The molecule has 0 bridgehead atoms. The normalized spacial score (nSPS) is 24.6. The lowest BCUT2D eigenvalue weighted by Crippen LogP contribution is -1.99. The Bertz CT molecular complexity index is 614. The van der Waals surface area contributed by atoms with Gasteiger partial charge in [0.2, 0.25) is 0 Å². The summed E-state index contributed by atoms with van der Waals surface area (Å²) >= 11 is 5.92. The van der Waals surface area contributed by atoms with E-state index in [2.05, 4.69) is 4.98 Å². The van der Waals surface area contributed by atoms with Crippen LogP contribution in [-0.4, -0.2) is 9.54 Å². The molecule has 0 radical (unpaired) electrons. The van der Waals surface area contributed by atoms with Gasteiger partial charge in [-0.05, 0) is 23.1 Å². The Hall–Kier alpha value is -1.29. The molecule has 1 aliphatic heterocycles. The Balaban J connectivity index is 1.99. The zero-order valence-electron chi connectivity index (χ0n) is 9.58. The summed E-state index contributed by atoms with van der Waals surface area (Å²) in [6.45, 7) is 0. The molecule has 0 spiro atoms. The van der Waals surface area contributed by atoms with E-state index < -0.39 is 10.3 Å². The molecule has 2 nitrogen and oxygen atoms in total. The van der Waals surface area contributed by atoms with Crippen LogP contribution in [0.4, 0.5) is 0 Å². The minimum atomic E-state index is -1.94. The molecule has 2 aromatic rings. The first-order valence-corrected chi connectivity index (χ1v) is 7.78. The molecule has 0 aliphatic carbocycles. The number of hydrogen-bond acceptors (Lipinski definition) is 2. The number of hydrogen-bond donors (Lipinski definition) is 1. The summed E-state index contributed by atoms with van der Waals surface area (Å²) in [5.41, 5.74) is 2.09. The standard InChI is InChI=1S/C14H12ClNOS/c15-14-8-13-12(9-16-14)6-7-18(13,17)10-11-4-2-1-3-5-11/h1-9,17H,10H2. The topological polar surface area (TPSA) is 33.1 Å². The smallest absolute Gasteiger partial charge is 0.130 e. The molecule has 92 valence electrons. The van der Waals surface area contributed by atoms with Gasteiger partial charge in [0.1, 0.15) is 5.15 Å². The summed E-state index contributed by atoms with van der Waals surface area (Å²) in [5.74, 6) is 0.623. The Morgan fingerprint density at radius 3 is 2.78 bits per heavy atom. The maximum absolute atomic E-state index is 10.8. The van der Waals surface area contributed by atoms with Crippen molar-refractivity contribution in [2.45, 2.75) is 10.6 Å². The molecule has 0 fully saturated rings. The van der Waals surface area contributed by atoms with Crippen molar-refractivity contribution >= 4 is 28.0 Å². The lowest BCUT2D eigenvalue weighted by Gasteiger charge is -2.28. The summed E-state index contributed by atoms with van der Waals surface area (Å²) in [7, 11) is -1.94. The van der Waals surface area contributed by atoms with Gasteiger partial charge in [-0.1, -0.05) is 52.2 Å². The number of benzene rings is 1. The molecule has 1 unspecified atom stereocenters. The third-order valence-corrected chi connectivity index (χ3v) is 5.63. The van der Waals surface area contributed by atoms with E-state index in [1.165, 1.54) is 0 Å². The molecule has 18 heavy (non-hydrogen) atoms. The predicted octanol–water partition coefficient (Wildman–Crippen LogP) is 4.56. The highest BCUT2D eigenvalue weighted by Gasteiger charge is 2.28. The van der Waals surface area contributed by atoms with Crippen molar-refractivity contribution in [1.29, 1.82) is 0 Å². The van der Waals surface area contributed by atoms with Gasteiger partial charge in [0.25, 0.3) is 0 Å². The fourth-order valence-corrected chi connectivity index (χ4v) is 4.61. The Morgan fingerprint density at radius 1 is 1.22 bits per heavy atom. The number of fused-ring (bicyclic) bond motifs is 1. The van der Waals surface area contributed by atoms with Gasteiger partial charge in [-0.15, -0.1) is 0 Å². The van der Waals surface area contributed by atoms with Crippen molar-refractivity contribution in [2.24, 2.45) is 0 Å². The summed E-state index contributed by atoms with van der Waals surface area (Å²) in [5, 5.41) is 2.32. The van der Waals surface area contributed by atoms with Crippen LogP contribution in [0.15, 0.2) is 52.9 Å². The van der Waals surface area contributed by atoms with Crippen molar-refractivity contribution in [3.63, 3.8) is 0 Å². The van der Waals surface area contributed by atoms with Gasteiger partial charge in [-0.2, -0.15) is 0 Å². The third kappa shape index (κ3) is 2.05. The molecule has 0 amide bonds. The SMILES string of the molecule is OS1(Cc2ccccc2)C=Cc2cnc(Cl)cc21. The molecule has 4 heteroatoms. The van der Waals surface area contributed by atoms with Crippen LogP contribution in [0.25, 0.3) is 6.08 Å². The van der Waals surface area contributed by atoms with Gasteiger partial charge in [-0.25, -0.2) is 4.98 Å². The maximum Gasteiger partial charge on any atom is 0.130 e. The largest absolute Gasteiger partial charge is 0.343 e.